The number of hydrogen-bond donors (Lipinski definition) is 2. The molecule has 2 aromatic carbocycles. The number of nitrogens with one attached hydrogen (secondary N) is 1. The fraction of sp³-hybridized carbons (Fsp3) is 0.143. The molecule has 0 unspecified atom stereocenters. The van der Waals surface area contributed by atoms with Crippen LogP contribution < -0.4 is 11.1 Å². The van der Waals surface area contributed by atoms with E-state index in [0.29, 0.717) is 12.4 Å². The first-order chi connectivity index (χ1) is 13.6. The number of hydrogen-bond acceptors (Lipinski definition) is 6. The summed E-state index contributed by atoms with van der Waals surface area (Å²) in [5.41, 5.74) is 11.9. The highest BCUT2D eigenvalue weighted by molar-refractivity contribution is 5.68. The van der Waals surface area contributed by atoms with Crippen LogP contribution in [-0.2, 0) is 6.54 Å². The number of nitrogen functional groups attached to an aromatic ring is 1. The lowest BCUT2D eigenvalue weighted by Gasteiger charge is -2.11. The van der Waals surface area contributed by atoms with Gasteiger partial charge in [0.15, 0.2) is 0 Å². The molecule has 0 aliphatic rings. The molecule has 0 saturated carbocycles. The summed E-state index contributed by atoms with van der Waals surface area (Å²) in [5, 5.41) is 12.1. The lowest BCUT2D eigenvalue weighted by Crippen LogP contribution is -2.06. The zero-order valence-corrected chi connectivity index (χ0v) is 15.8. The monoisotopic (exact) mass is 371 g/mol. The Morgan fingerprint density at radius 1 is 1.00 bits per heavy atom. The van der Waals surface area contributed by atoms with Gasteiger partial charge in [0, 0.05) is 11.6 Å². The predicted octanol–water partition coefficient (Wildman–Crippen LogP) is 3.54. The van der Waals surface area contributed by atoms with E-state index in [1.165, 1.54) is 11.1 Å². The third kappa shape index (κ3) is 3.68. The molecule has 140 valence electrons. The molecule has 2 heterocycles. The zero-order chi connectivity index (χ0) is 19.5. The summed E-state index contributed by atoms with van der Waals surface area (Å²) < 4.78 is 0. The maximum Gasteiger partial charge on any atom is 0.222 e. The molecule has 0 spiro atoms. The second kappa shape index (κ2) is 7.48. The number of nitrogens with zero attached hydrogens (tertiary/aromatic N) is 5. The smallest absolute Gasteiger partial charge is 0.222 e. The van der Waals surface area contributed by atoms with E-state index in [-0.39, 0.29) is 5.95 Å². The molecule has 0 bridgehead atoms. The number of anilines is 2. The molecule has 0 amide bonds. The first kappa shape index (κ1) is 17.7. The van der Waals surface area contributed by atoms with Crippen LogP contribution in [0.25, 0.3) is 16.9 Å². The van der Waals surface area contributed by atoms with Gasteiger partial charge in [-0.15, -0.1) is 0 Å². The average molecular weight is 371 g/mol. The fourth-order valence-corrected chi connectivity index (χ4v) is 2.97. The lowest BCUT2D eigenvalue weighted by molar-refractivity contribution is 0.740. The van der Waals surface area contributed by atoms with E-state index in [1.807, 2.05) is 48.5 Å². The summed E-state index contributed by atoms with van der Waals surface area (Å²) in [4.78, 5) is 10.3. The van der Waals surface area contributed by atoms with E-state index in [9.17, 15) is 0 Å². The molecule has 0 aliphatic carbocycles. The minimum absolute atomic E-state index is 0.230. The maximum atomic E-state index is 5.94. The van der Waals surface area contributed by atoms with Gasteiger partial charge in [-0.05, 0) is 37.1 Å². The van der Waals surface area contributed by atoms with Gasteiger partial charge >= 0.3 is 0 Å². The van der Waals surface area contributed by atoms with Crippen LogP contribution in [0.4, 0.5) is 11.8 Å². The maximum absolute atomic E-state index is 5.94. The molecule has 0 aliphatic heterocycles. The highest BCUT2D eigenvalue weighted by Gasteiger charge is 2.09. The number of para-hydroxylation sites is 1. The van der Waals surface area contributed by atoms with Crippen LogP contribution in [0.3, 0.4) is 0 Å². The molecule has 0 saturated heterocycles. The Bertz CT molecular complexity index is 1100. The normalized spacial score (nSPS) is 10.8. The third-order valence-electron chi connectivity index (χ3n) is 4.60. The fourth-order valence-electron chi connectivity index (χ4n) is 2.97. The lowest BCUT2D eigenvalue weighted by atomic mass is 10.0. The van der Waals surface area contributed by atoms with Gasteiger partial charge in [-0.1, -0.05) is 36.4 Å². The second-order valence-electron chi connectivity index (χ2n) is 6.56. The van der Waals surface area contributed by atoms with Gasteiger partial charge in [0.2, 0.25) is 5.95 Å². The van der Waals surface area contributed by atoms with Crippen LogP contribution >= 0.6 is 0 Å². The summed E-state index contributed by atoms with van der Waals surface area (Å²) in [6.45, 7) is 4.64. The molecule has 7 heteroatoms. The Hall–Kier alpha value is -3.74. The number of rotatable bonds is 5. The van der Waals surface area contributed by atoms with Gasteiger partial charge in [0.25, 0.3) is 0 Å². The average Bonchev–Trinajstić information content (AvgIpc) is 3.18. The number of aromatic nitrogens is 5. The van der Waals surface area contributed by atoms with Gasteiger partial charge in [-0.2, -0.15) is 20.0 Å². The molecule has 0 atom stereocenters. The topological polar surface area (TPSA) is 94.5 Å². The van der Waals surface area contributed by atoms with Crippen LogP contribution in [0, 0.1) is 13.8 Å². The Kier molecular flexibility index (Phi) is 4.72. The first-order valence-electron chi connectivity index (χ1n) is 9.02. The molecule has 3 N–H and O–H groups in total. The predicted molar refractivity (Wildman–Crippen MR) is 110 cm³/mol. The molecule has 4 rings (SSSR count). The van der Waals surface area contributed by atoms with Crippen LogP contribution in [-0.4, -0.2) is 25.0 Å². The van der Waals surface area contributed by atoms with E-state index in [2.05, 4.69) is 45.4 Å². The van der Waals surface area contributed by atoms with Crippen molar-refractivity contribution in [1.82, 2.24) is 25.0 Å². The number of aryl methyl sites for hydroxylation is 1. The largest absolute Gasteiger partial charge is 0.368 e. The van der Waals surface area contributed by atoms with Crippen molar-refractivity contribution in [3.63, 3.8) is 0 Å². The Balaban J connectivity index is 1.54. The van der Waals surface area contributed by atoms with Crippen LogP contribution in [0.2, 0.25) is 0 Å². The SMILES string of the molecule is Cc1cccc(-c2cc(NCc3cnn(-c4ccccc4)n3)nc(N)n2)c1C. The van der Waals surface area contributed by atoms with E-state index < -0.39 is 0 Å². The van der Waals surface area contributed by atoms with Crippen molar-refractivity contribution in [2.75, 3.05) is 11.1 Å². The minimum Gasteiger partial charge on any atom is -0.368 e. The Morgan fingerprint density at radius 2 is 1.82 bits per heavy atom. The molecule has 0 fully saturated rings. The Labute approximate surface area is 163 Å². The van der Waals surface area contributed by atoms with Crippen molar-refractivity contribution < 1.29 is 0 Å². The Morgan fingerprint density at radius 3 is 2.64 bits per heavy atom. The van der Waals surface area contributed by atoms with Crippen LogP contribution in [0.5, 0.6) is 0 Å². The van der Waals surface area contributed by atoms with Gasteiger partial charge < -0.3 is 11.1 Å². The highest BCUT2D eigenvalue weighted by atomic mass is 15.5. The second-order valence-corrected chi connectivity index (χ2v) is 6.56. The molecular formula is C21H21N7. The first-order valence-corrected chi connectivity index (χ1v) is 9.02. The summed E-state index contributed by atoms with van der Waals surface area (Å²) in [6.07, 6.45) is 1.73. The molecule has 7 nitrogen and oxygen atoms in total. The summed E-state index contributed by atoms with van der Waals surface area (Å²) in [5.74, 6) is 0.881. The van der Waals surface area contributed by atoms with E-state index in [4.69, 9.17) is 5.73 Å². The summed E-state index contributed by atoms with van der Waals surface area (Å²) in [6, 6.07) is 17.8. The quantitative estimate of drug-likeness (QED) is 0.557. The van der Waals surface area contributed by atoms with Crippen molar-refractivity contribution in [3.8, 4) is 16.9 Å². The number of nitrogens with two attached hydrogens (primary N) is 1. The van der Waals surface area contributed by atoms with Crippen molar-refractivity contribution in [3.05, 3.63) is 77.6 Å². The van der Waals surface area contributed by atoms with Gasteiger partial charge in [-0.3, -0.25) is 0 Å². The van der Waals surface area contributed by atoms with Crippen molar-refractivity contribution in [2.45, 2.75) is 20.4 Å². The van der Waals surface area contributed by atoms with Gasteiger partial charge in [-0.25, -0.2) is 4.98 Å². The van der Waals surface area contributed by atoms with Crippen LogP contribution in [0.15, 0.2) is 60.8 Å². The van der Waals surface area contributed by atoms with Crippen molar-refractivity contribution in [1.29, 1.82) is 0 Å². The molecule has 28 heavy (non-hydrogen) atoms. The van der Waals surface area contributed by atoms with E-state index >= 15 is 0 Å². The summed E-state index contributed by atoms with van der Waals surface area (Å²) in [7, 11) is 0. The highest BCUT2D eigenvalue weighted by Crippen LogP contribution is 2.26. The molecule has 2 aromatic heterocycles. The van der Waals surface area contributed by atoms with Crippen molar-refractivity contribution in [2.24, 2.45) is 0 Å². The van der Waals surface area contributed by atoms with Crippen LogP contribution in [0.1, 0.15) is 16.8 Å². The minimum atomic E-state index is 0.230. The van der Waals surface area contributed by atoms with Crippen molar-refractivity contribution >= 4 is 11.8 Å². The van der Waals surface area contributed by atoms with Gasteiger partial charge in [0.05, 0.1) is 24.1 Å². The molecule has 4 aromatic rings. The molecule has 0 radical (unpaired) electrons. The summed E-state index contributed by atoms with van der Waals surface area (Å²) >= 11 is 0. The van der Waals surface area contributed by atoms with Gasteiger partial charge in [0.1, 0.15) is 11.5 Å². The molecular weight excluding hydrogens is 350 g/mol. The zero-order valence-electron chi connectivity index (χ0n) is 15.8. The number of benzene rings is 2. The van der Waals surface area contributed by atoms with E-state index in [1.54, 1.807) is 11.0 Å². The standard InChI is InChI=1S/C21H21N7/c1-14-7-6-10-18(15(14)2)19-11-20(26-21(22)25-19)23-12-16-13-24-28(27-16)17-8-4-3-5-9-17/h3-11,13H,12H2,1-2H3,(H3,22,23,25,26). The van der Waals surface area contributed by atoms with E-state index in [0.717, 1.165) is 22.6 Å². The third-order valence-corrected chi connectivity index (χ3v) is 4.60.